The summed E-state index contributed by atoms with van der Waals surface area (Å²) in [5, 5.41) is 10.5. The predicted octanol–water partition coefficient (Wildman–Crippen LogP) is 2.45. The Morgan fingerprint density at radius 3 is 2.65 bits per heavy atom. The number of carbonyl (C=O) groups excluding carboxylic acids is 1. The van der Waals surface area contributed by atoms with Gasteiger partial charge in [-0.05, 0) is 18.2 Å². The van der Waals surface area contributed by atoms with Gasteiger partial charge in [0.25, 0.3) is 0 Å². The van der Waals surface area contributed by atoms with Crippen molar-refractivity contribution in [1.29, 1.82) is 0 Å². The molecule has 0 unspecified atom stereocenters. The van der Waals surface area contributed by atoms with Gasteiger partial charge < -0.3 is 10.4 Å². The molecule has 1 amide bonds. The number of amides is 1. The number of hydrogen-bond acceptors (Lipinski definition) is 2. The first-order valence-electron chi connectivity index (χ1n) is 5.57. The highest BCUT2D eigenvalue weighted by atomic mass is 19.4. The summed E-state index contributed by atoms with van der Waals surface area (Å²) >= 11 is 0. The number of anilines is 1. The standard InChI is InChI=1S/C13H11F4NO2/c14-11-5-4-10(7-9(11)3-1-2-6-19)18-12(20)8-13(15,16)17/h4-5,7,19H,2,6,8H2,(H,18,20). The van der Waals surface area contributed by atoms with Crippen LogP contribution in [0.3, 0.4) is 0 Å². The van der Waals surface area contributed by atoms with Crippen LogP contribution in [0.4, 0.5) is 23.2 Å². The van der Waals surface area contributed by atoms with Crippen LogP contribution >= 0.6 is 0 Å². The van der Waals surface area contributed by atoms with Crippen molar-refractivity contribution in [3.63, 3.8) is 0 Å². The summed E-state index contributed by atoms with van der Waals surface area (Å²) in [6.45, 7) is -0.184. The second-order valence-electron chi connectivity index (χ2n) is 3.81. The Balaban J connectivity index is 2.80. The molecule has 108 valence electrons. The minimum absolute atomic E-state index is 0.0222. The molecule has 0 aliphatic heterocycles. The van der Waals surface area contributed by atoms with Crippen molar-refractivity contribution in [2.75, 3.05) is 11.9 Å². The van der Waals surface area contributed by atoms with E-state index in [0.717, 1.165) is 18.2 Å². The first-order chi connectivity index (χ1) is 9.31. The number of benzene rings is 1. The Hall–Kier alpha value is -2.07. The SMILES string of the molecule is O=C(CC(F)(F)F)Nc1ccc(F)c(C#CCCO)c1. The van der Waals surface area contributed by atoms with Crippen LogP contribution in [-0.4, -0.2) is 23.8 Å². The summed E-state index contributed by atoms with van der Waals surface area (Å²) in [7, 11) is 0. The summed E-state index contributed by atoms with van der Waals surface area (Å²) in [5.74, 6) is 3.00. The van der Waals surface area contributed by atoms with Crippen LogP contribution in [0.5, 0.6) is 0 Å². The van der Waals surface area contributed by atoms with Crippen molar-refractivity contribution in [3.05, 3.63) is 29.6 Å². The maximum Gasteiger partial charge on any atom is 0.397 e. The van der Waals surface area contributed by atoms with Crippen LogP contribution in [-0.2, 0) is 4.79 Å². The van der Waals surface area contributed by atoms with Crippen molar-refractivity contribution in [2.45, 2.75) is 19.0 Å². The van der Waals surface area contributed by atoms with Gasteiger partial charge in [0.1, 0.15) is 12.2 Å². The summed E-state index contributed by atoms with van der Waals surface area (Å²) in [4.78, 5) is 11.1. The van der Waals surface area contributed by atoms with Crippen molar-refractivity contribution in [2.24, 2.45) is 0 Å². The summed E-state index contributed by atoms with van der Waals surface area (Å²) in [5.41, 5.74) is -0.0443. The van der Waals surface area contributed by atoms with Crippen LogP contribution in [0, 0.1) is 17.7 Å². The van der Waals surface area contributed by atoms with E-state index >= 15 is 0 Å². The fourth-order valence-corrected chi connectivity index (χ4v) is 1.30. The summed E-state index contributed by atoms with van der Waals surface area (Å²) in [6, 6.07) is 3.26. The molecule has 0 atom stereocenters. The molecule has 0 bridgehead atoms. The molecule has 0 saturated carbocycles. The maximum atomic E-state index is 13.3. The Morgan fingerprint density at radius 1 is 1.35 bits per heavy atom. The van der Waals surface area contributed by atoms with E-state index in [9.17, 15) is 22.4 Å². The van der Waals surface area contributed by atoms with Crippen LogP contribution in [0.25, 0.3) is 0 Å². The predicted molar refractivity (Wildman–Crippen MR) is 64.3 cm³/mol. The molecule has 1 rings (SSSR count). The van der Waals surface area contributed by atoms with E-state index in [1.165, 1.54) is 0 Å². The minimum Gasteiger partial charge on any atom is -0.395 e. The molecular weight excluding hydrogens is 278 g/mol. The third kappa shape index (κ3) is 5.71. The lowest BCUT2D eigenvalue weighted by molar-refractivity contribution is -0.150. The van der Waals surface area contributed by atoms with Gasteiger partial charge in [-0.25, -0.2) is 4.39 Å². The molecular formula is C13H11F4NO2. The Morgan fingerprint density at radius 2 is 2.05 bits per heavy atom. The first-order valence-corrected chi connectivity index (χ1v) is 5.57. The maximum absolute atomic E-state index is 13.3. The number of aliphatic hydroxyl groups excluding tert-OH is 1. The molecule has 1 aromatic rings. The molecule has 1 aromatic carbocycles. The molecule has 2 N–H and O–H groups in total. The van der Waals surface area contributed by atoms with Crippen LogP contribution < -0.4 is 5.32 Å². The fourth-order valence-electron chi connectivity index (χ4n) is 1.30. The number of carbonyl (C=O) groups is 1. The lowest BCUT2D eigenvalue weighted by Crippen LogP contribution is -2.21. The highest BCUT2D eigenvalue weighted by molar-refractivity contribution is 5.91. The van der Waals surface area contributed by atoms with E-state index in [1.54, 1.807) is 0 Å². The zero-order chi connectivity index (χ0) is 15.2. The van der Waals surface area contributed by atoms with Gasteiger partial charge >= 0.3 is 6.18 Å². The highest BCUT2D eigenvalue weighted by Crippen LogP contribution is 2.21. The van der Waals surface area contributed by atoms with E-state index in [4.69, 9.17) is 5.11 Å². The van der Waals surface area contributed by atoms with Gasteiger partial charge in [0, 0.05) is 12.1 Å². The fraction of sp³-hybridized carbons (Fsp3) is 0.308. The summed E-state index contributed by atoms with van der Waals surface area (Å²) < 4.78 is 49.3. The first kappa shape index (κ1) is 16.0. The third-order valence-electron chi connectivity index (χ3n) is 2.07. The molecule has 0 aliphatic carbocycles. The van der Waals surface area contributed by atoms with Crippen molar-refractivity contribution in [1.82, 2.24) is 0 Å². The average Bonchev–Trinajstić information content (AvgIpc) is 2.31. The number of alkyl halides is 3. The lowest BCUT2D eigenvalue weighted by Gasteiger charge is -2.08. The number of halogens is 4. The van der Waals surface area contributed by atoms with E-state index in [0.29, 0.717) is 0 Å². The lowest BCUT2D eigenvalue weighted by atomic mass is 10.2. The number of rotatable bonds is 3. The van der Waals surface area contributed by atoms with Gasteiger partial charge in [-0.1, -0.05) is 11.8 Å². The second kappa shape index (κ2) is 6.91. The highest BCUT2D eigenvalue weighted by Gasteiger charge is 2.31. The van der Waals surface area contributed by atoms with Gasteiger partial charge in [0.2, 0.25) is 5.91 Å². The van der Waals surface area contributed by atoms with Crippen molar-refractivity contribution in [3.8, 4) is 11.8 Å². The van der Waals surface area contributed by atoms with E-state index < -0.39 is 24.3 Å². The topological polar surface area (TPSA) is 49.3 Å². The average molecular weight is 289 g/mol. The van der Waals surface area contributed by atoms with Crippen LogP contribution in [0.2, 0.25) is 0 Å². The van der Waals surface area contributed by atoms with Gasteiger partial charge in [-0.2, -0.15) is 13.2 Å². The monoisotopic (exact) mass is 289 g/mol. The molecule has 0 spiro atoms. The number of hydrogen-bond donors (Lipinski definition) is 2. The van der Waals surface area contributed by atoms with E-state index in [-0.39, 0.29) is 24.3 Å². The van der Waals surface area contributed by atoms with Gasteiger partial charge in [-0.3, -0.25) is 4.79 Å². The van der Waals surface area contributed by atoms with Gasteiger partial charge in [0.15, 0.2) is 0 Å². The largest absolute Gasteiger partial charge is 0.397 e. The number of nitrogens with one attached hydrogen (secondary N) is 1. The minimum atomic E-state index is -4.60. The summed E-state index contributed by atoms with van der Waals surface area (Å²) in [6.07, 6.45) is -6.08. The molecule has 0 saturated heterocycles. The zero-order valence-corrected chi connectivity index (χ0v) is 10.2. The quantitative estimate of drug-likeness (QED) is 0.663. The Kier molecular flexibility index (Phi) is 5.53. The molecule has 20 heavy (non-hydrogen) atoms. The number of aliphatic hydroxyl groups is 1. The van der Waals surface area contributed by atoms with Crippen LogP contribution in [0.15, 0.2) is 18.2 Å². The normalized spacial score (nSPS) is 10.7. The molecule has 0 fully saturated rings. The Bertz CT molecular complexity index is 544. The Labute approximate surface area is 112 Å². The smallest absolute Gasteiger partial charge is 0.395 e. The molecule has 7 heteroatoms. The zero-order valence-electron chi connectivity index (χ0n) is 10.2. The van der Waals surface area contributed by atoms with Gasteiger partial charge in [-0.15, -0.1) is 0 Å². The van der Waals surface area contributed by atoms with E-state index in [2.05, 4.69) is 11.8 Å². The molecule has 3 nitrogen and oxygen atoms in total. The van der Waals surface area contributed by atoms with Crippen molar-refractivity contribution < 1.29 is 27.5 Å². The third-order valence-corrected chi connectivity index (χ3v) is 2.07. The molecule has 0 radical (unpaired) electrons. The van der Waals surface area contributed by atoms with Crippen molar-refractivity contribution >= 4 is 11.6 Å². The second-order valence-corrected chi connectivity index (χ2v) is 3.81. The molecule has 0 heterocycles. The van der Waals surface area contributed by atoms with Gasteiger partial charge in [0.05, 0.1) is 12.2 Å². The molecule has 0 aromatic heterocycles. The van der Waals surface area contributed by atoms with Crippen LogP contribution in [0.1, 0.15) is 18.4 Å². The van der Waals surface area contributed by atoms with E-state index in [1.807, 2.05) is 5.32 Å². The molecule has 0 aliphatic rings.